The molecule has 1 amide bonds. The lowest BCUT2D eigenvalue weighted by molar-refractivity contribution is 0.0837. The summed E-state index contributed by atoms with van der Waals surface area (Å²) in [5.41, 5.74) is 1.13. The molecule has 1 fully saturated rings. The molecule has 0 bridgehead atoms. The molecule has 0 radical (unpaired) electrons. The second-order valence-corrected chi connectivity index (χ2v) is 4.88. The molecule has 17 heavy (non-hydrogen) atoms. The maximum Gasteiger partial charge on any atom is 0.252 e. The summed E-state index contributed by atoms with van der Waals surface area (Å²) < 4.78 is 0. The number of nitrogens with one attached hydrogen (secondary N) is 1. The van der Waals surface area contributed by atoms with Crippen molar-refractivity contribution in [3.05, 3.63) is 35.4 Å². The van der Waals surface area contributed by atoms with Gasteiger partial charge >= 0.3 is 0 Å². The lowest BCUT2D eigenvalue weighted by Crippen LogP contribution is -2.42. The summed E-state index contributed by atoms with van der Waals surface area (Å²) in [5.74, 6) is 0.0309. The van der Waals surface area contributed by atoms with Gasteiger partial charge < -0.3 is 5.32 Å². The van der Waals surface area contributed by atoms with E-state index in [1.54, 1.807) is 18.2 Å². The van der Waals surface area contributed by atoms with Gasteiger partial charge in [0.05, 0.1) is 5.56 Å². The van der Waals surface area contributed by atoms with Crippen LogP contribution in [0, 0.1) is 5.92 Å². The Morgan fingerprint density at radius 1 is 1.00 bits per heavy atom. The zero-order valence-corrected chi connectivity index (χ0v) is 9.61. The van der Waals surface area contributed by atoms with Crippen molar-refractivity contribution in [3.8, 4) is 0 Å². The van der Waals surface area contributed by atoms with Crippen molar-refractivity contribution in [1.29, 1.82) is 0 Å². The Kier molecular flexibility index (Phi) is 2.46. The number of carbonyl (C=O) groups excluding carboxylic acids is 2. The molecule has 88 valence electrons. The Labute approximate surface area is 100 Å². The summed E-state index contributed by atoms with van der Waals surface area (Å²) in [6.45, 7) is 0. The maximum atomic E-state index is 12.4. The monoisotopic (exact) mass is 229 g/mol. The molecule has 1 aromatic rings. The van der Waals surface area contributed by atoms with E-state index >= 15 is 0 Å². The Morgan fingerprint density at radius 2 is 1.71 bits per heavy atom. The molecule has 1 saturated carbocycles. The summed E-state index contributed by atoms with van der Waals surface area (Å²) in [5, 5.41) is 3.01. The fraction of sp³-hybridized carbons (Fsp3) is 0.429. The van der Waals surface area contributed by atoms with Crippen LogP contribution in [0.4, 0.5) is 0 Å². The number of Topliss-reactive ketones (excluding diaryl/α,β-unsaturated/α-hetero) is 1. The molecule has 1 heterocycles. The SMILES string of the molecule is O=C1N[C@H]2CCCC[C@@H]2C(=O)c2ccccc21. The highest BCUT2D eigenvalue weighted by Crippen LogP contribution is 2.31. The third-order valence-electron chi connectivity index (χ3n) is 3.86. The largest absolute Gasteiger partial charge is 0.349 e. The normalized spacial score (nSPS) is 27.8. The third-order valence-corrected chi connectivity index (χ3v) is 3.86. The van der Waals surface area contributed by atoms with E-state index in [9.17, 15) is 9.59 Å². The summed E-state index contributed by atoms with van der Waals surface area (Å²) in [7, 11) is 0. The fourth-order valence-corrected chi connectivity index (χ4v) is 2.96. The zero-order valence-electron chi connectivity index (χ0n) is 9.61. The molecule has 0 unspecified atom stereocenters. The van der Waals surface area contributed by atoms with Crippen LogP contribution in [-0.2, 0) is 0 Å². The van der Waals surface area contributed by atoms with Crippen LogP contribution in [0.25, 0.3) is 0 Å². The predicted octanol–water partition coefficient (Wildman–Crippen LogP) is 2.17. The first-order valence-electron chi connectivity index (χ1n) is 6.21. The maximum absolute atomic E-state index is 12.4. The van der Waals surface area contributed by atoms with Crippen molar-refractivity contribution in [1.82, 2.24) is 5.32 Å². The van der Waals surface area contributed by atoms with Crippen molar-refractivity contribution in [2.24, 2.45) is 5.92 Å². The first kappa shape index (κ1) is 10.5. The van der Waals surface area contributed by atoms with Gasteiger partial charge in [-0.05, 0) is 18.9 Å². The second kappa shape index (κ2) is 3.99. The van der Waals surface area contributed by atoms with Crippen molar-refractivity contribution >= 4 is 11.7 Å². The molecule has 1 aromatic carbocycles. The van der Waals surface area contributed by atoms with E-state index in [-0.39, 0.29) is 23.7 Å². The number of rotatable bonds is 0. The number of hydrogen-bond acceptors (Lipinski definition) is 2. The number of benzene rings is 1. The van der Waals surface area contributed by atoms with E-state index in [1.165, 1.54) is 0 Å². The minimum Gasteiger partial charge on any atom is -0.349 e. The lowest BCUT2D eigenvalue weighted by Gasteiger charge is -2.28. The average molecular weight is 229 g/mol. The average Bonchev–Trinajstić information content (AvgIpc) is 2.48. The first-order valence-corrected chi connectivity index (χ1v) is 6.21. The van der Waals surface area contributed by atoms with Crippen molar-refractivity contribution in [2.75, 3.05) is 0 Å². The summed E-state index contributed by atoms with van der Waals surface area (Å²) in [4.78, 5) is 24.5. The van der Waals surface area contributed by atoms with Gasteiger partial charge in [0.2, 0.25) is 0 Å². The van der Waals surface area contributed by atoms with Crippen LogP contribution >= 0.6 is 0 Å². The smallest absolute Gasteiger partial charge is 0.252 e. The van der Waals surface area contributed by atoms with Gasteiger partial charge in [0.1, 0.15) is 0 Å². The highest BCUT2D eigenvalue weighted by molar-refractivity contribution is 6.10. The van der Waals surface area contributed by atoms with E-state index in [0.717, 1.165) is 25.7 Å². The van der Waals surface area contributed by atoms with Gasteiger partial charge in [0, 0.05) is 17.5 Å². The molecule has 3 nitrogen and oxygen atoms in total. The molecule has 1 aliphatic carbocycles. The Bertz CT molecular complexity index is 481. The van der Waals surface area contributed by atoms with Crippen LogP contribution in [0.2, 0.25) is 0 Å². The zero-order chi connectivity index (χ0) is 11.8. The summed E-state index contributed by atoms with van der Waals surface area (Å²) in [6.07, 6.45) is 4.02. The second-order valence-electron chi connectivity index (χ2n) is 4.88. The van der Waals surface area contributed by atoms with E-state index in [0.29, 0.717) is 11.1 Å². The van der Waals surface area contributed by atoms with Gasteiger partial charge in [-0.25, -0.2) is 0 Å². The Morgan fingerprint density at radius 3 is 2.53 bits per heavy atom. The van der Waals surface area contributed by atoms with Gasteiger partial charge in [-0.3, -0.25) is 9.59 Å². The molecule has 3 heteroatoms. The Balaban J connectivity index is 2.08. The van der Waals surface area contributed by atoms with Crippen LogP contribution in [0.3, 0.4) is 0 Å². The highest BCUT2D eigenvalue weighted by Gasteiger charge is 2.37. The van der Waals surface area contributed by atoms with Crippen LogP contribution in [0.15, 0.2) is 24.3 Å². The number of amides is 1. The Hall–Kier alpha value is -1.64. The highest BCUT2D eigenvalue weighted by atomic mass is 16.2. The third kappa shape index (κ3) is 1.66. The van der Waals surface area contributed by atoms with Gasteiger partial charge in [0.15, 0.2) is 5.78 Å². The van der Waals surface area contributed by atoms with Crippen molar-refractivity contribution in [3.63, 3.8) is 0 Å². The molecule has 0 spiro atoms. The predicted molar refractivity (Wildman–Crippen MR) is 64.0 cm³/mol. The minimum absolute atomic E-state index is 0.0173. The minimum atomic E-state index is -0.0941. The van der Waals surface area contributed by atoms with Gasteiger partial charge in [-0.1, -0.05) is 31.0 Å². The number of ketones is 1. The molecule has 0 aromatic heterocycles. The van der Waals surface area contributed by atoms with Crippen molar-refractivity contribution in [2.45, 2.75) is 31.7 Å². The quantitative estimate of drug-likeness (QED) is 0.741. The van der Waals surface area contributed by atoms with Crippen LogP contribution < -0.4 is 5.32 Å². The molecule has 0 saturated heterocycles. The standard InChI is InChI=1S/C14H15NO2/c16-13-9-5-1-2-6-10(9)14(17)15-12-8-4-3-7-11(12)13/h1-2,5-6,11-12H,3-4,7-8H2,(H,15,17)/t11-,12-/m0/s1. The molecule has 1 aliphatic heterocycles. The molecule has 2 aliphatic rings. The van der Waals surface area contributed by atoms with Crippen LogP contribution in [0.5, 0.6) is 0 Å². The summed E-state index contributed by atoms with van der Waals surface area (Å²) >= 11 is 0. The van der Waals surface area contributed by atoms with Crippen molar-refractivity contribution < 1.29 is 9.59 Å². The van der Waals surface area contributed by atoms with E-state index < -0.39 is 0 Å². The molecule has 3 rings (SSSR count). The molecule has 2 atom stereocenters. The number of carbonyl (C=O) groups is 2. The number of fused-ring (bicyclic) bond motifs is 2. The fourth-order valence-electron chi connectivity index (χ4n) is 2.96. The van der Waals surface area contributed by atoms with Crippen LogP contribution in [-0.4, -0.2) is 17.7 Å². The van der Waals surface area contributed by atoms with E-state index in [4.69, 9.17) is 0 Å². The molecular weight excluding hydrogens is 214 g/mol. The number of hydrogen-bond donors (Lipinski definition) is 1. The van der Waals surface area contributed by atoms with E-state index in [2.05, 4.69) is 5.32 Å². The van der Waals surface area contributed by atoms with E-state index in [1.807, 2.05) is 6.07 Å². The topological polar surface area (TPSA) is 46.2 Å². The van der Waals surface area contributed by atoms with Gasteiger partial charge in [0.25, 0.3) is 5.91 Å². The molecular formula is C14H15NO2. The first-order chi connectivity index (χ1) is 8.27. The lowest BCUT2D eigenvalue weighted by atomic mass is 9.80. The van der Waals surface area contributed by atoms with Crippen LogP contribution in [0.1, 0.15) is 46.4 Å². The van der Waals surface area contributed by atoms with Gasteiger partial charge in [-0.15, -0.1) is 0 Å². The summed E-state index contributed by atoms with van der Waals surface area (Å²) in [6, 6.07) is 7.18. The molecule has 1 N–H and O–H groups in total. The van der Waals surface area contributed by atoms with Gasteiger partial charge in [-0.2, -0.15) is 0 Å².